The minimum atomic E-state index is -0.341. The molecule has 2 rings (SSSR count). The summed E-state index contributed by atoms with van der Waals surface area (Å²) < 4.78 is 24.0. The molecule has 1 aromatic carbocycles. The number of rotatable bonds is 3. The minimum absolute atomic E-state index is 0.126. The van der Waals surface area contributed by atoms with Crippen LogP contribution in [-0.2, 0) is 0 Å². The number of halogens is 1. The molecule has 0 bridgehead atoms. The van der Waals surface area contributed by atoms with E-state index >= 15 is 0 Å². The van der Waals surface area contributed by atoms with Gasteiger partial charge in [-0.05, 0) is 31.5 Å². The topological polar surface area (TPSA) is 30.5 Å². The third kappa shape index (κ3) is 1.85. The van der Waals surface area contributed by atoms with E-state index in [4.69, 9.17) is 9.47 Å². The molecule has 1 saturated heterocycles. The monoisotopic (exact) mass is 225 g/mol. The van der Waals surface area contributed by atoms with E-state index < -0.39 is 0 Å². The zero-order chi connectivity index (χ0) is 11.5. The van der Waals surface area contributed by atoms with Crippen LogP contribution in [0.3, 0.4) is 0 Å². The van der Waals surface area contributed by atoms with E-state index in [1.807, 2.05) is 0 Å². The second-order valence-corrected chi connectivity index (χ2v) is 3.85. The van der Waals surface area contributed by atoms with Gasteiger partial charge in [0.2, 0.25) is 0 Å². The highest BCUT2D eigenvalue weighted by Crippen LogP contribution is 2.39. The van der Waals surface area contributed by atoms with Crippen LogP contribution in [0.25, 0.3) is 0 Å². The van der Waals surface area contributed by atoms with E-state index in [-0.39, 0.29) is 11.9 Å². The molecule has 88 valence electrons. The van der Waals surface area contributed by atoms with Crippen molar-refractivity contribution in [3.05, 3.63) is 23.5 Å². The van der Waals surface area contributed by atoms with Gasteiger partial charge in [-0.15, -0.1) is 0 Å². The van der Waals surface area contributed by atoms with Crippen molar-refractivity contribution >= 4 is 0 Å². The largest absolute Gasteiger partial charge is 0.496 e. The summed E-state index contributed by atoms with van der Waals surface area (Å²) in [4.78, 5) is 0. The molecule has 0 spiro atoms. The maximum atomic E-state index is 13.6. The zero-order valence-corrected chi connectivity index (χ0v) is 9.55. The maximum absolute atomic E-state index is 13.6. The van der Waals surface area contributed by atoms with Gasteiger partial charge in [-0.3, -0.25) is 0 Å². The lowest BCUT2D eigenvalue weighted by Crippen LogP contribution is -2.15. The van der Waals surface area contributed by atoms with Crippen molar-refractivity contribution in [2.24, 2.45) is 0 Å². The van der Waals surface area contributed by atoms with E-state index in [0.717, 1.165) is 24.9 Å². The summed E-state index contributed by atoms with van der Waals surface area (Å²) in [5.41, 5.74) is 0.794. The lowest BCUT2D eigenvalue weighted by atomic mass is 10.0. The highest BCUT2D eigenvalue weighted by atomic mass is 19.1. The lowest BCUT2D eigenvalue weighted by Gasteiger charge is -2.18. The summed E-state index contributed by atoms with van der Waals surface area (Å²) in [6.07, 6.45) is 2.07. The first kappa shape index (κ1) is 11.2. The van der Waals surface area contributed by atoms with Crippen molar-refractivity contribution in [1.29, 1.82) is 0 Å². The smallest absolute Gasteiger partial charge is 0.165 e. The van der Waals surface area contributed by atoms with Crippen LogP contribution in [-0.4, -0.2) is 20.8 Å². The van der Waals surface area contributed by atoms with Crippen molar-refractivity contribution in [1.82, 2.24) is 5.32 Å². The number of benzene rings is 1. The van der Waals surface area contributed by atoms with Gasteiger partial charge in [-0.25, -0.2) is 4.39 Å². The summed E-state index contributed by atoms with van der Waals surface area (Å²) in [7, 11) is 3.07. The maximum Gasteiger partial charge on any atom is 0.165 e. The number of hydrogen-bond acceptors (Lipinski definition) is 3. The number of ether oxygens (including phenoxy) is 2. The van der Waals surface area contributed by atoms with Gasteiger partial charge in [-0.2, -0.15) is 0 Å². The van der Waals surface area contributed by atoms with Crippen LogP contribution in [0.2, 0.25) is 0 Å². The van der Waals surface area contributed by atoms with E-state index in [9.17, 15) is 4.39 Å². The van der Waals surface area contributed by atoms with Crippen LogP contribution in [0.15, 0.2) is 12.1 Å². The molecule has 1 aliphatic rings. The van der Waals surface area contributed by atoms with Crippen LogP contribution >= 0.6 is 0 Å². The quantitative estimate of drug-likeness (QED) is 0.856. The first-order valence-electron chi connectivity index (χ1n) is 5.41. The summed E-state index contributed by atoms with van der Waals surface area (Å²) in [5.74, 6) is 0.628. The van der Waals surface area contributed by atoms with E-state index in [1.165, 1.54) is 13.2 Å². The number of hydrogen-bond donors (Lipinski definition) is 1. The molecule has 1 aromatic rings. The molecule has 1 atom stereocenters. The molecule has 0 aromatic heterocycles. The van der Waals surface area contributed by atoms with E-state index in [1.54, 1.807) is 13.2 Å². The van der Waals surface area contributed by atoms with Gasteiger partial charge in [0.15, 0.2) is 11.6 Å². The molecule has 0 radical (unpaired) electrons. The minimum Gasteiger partial charge on any atom is -0.496 e. The predicted molar refractivity (Wildman–Crippen MR) is 59.5 cm³/mol. The highest BCUT2D eigenvalue weighted by molar-refractivity contribution is 5.48. The Morgan fingerprint density at radius 2 is 2.12 bits per heavy atom. The lowest BCUT2D eigenvalue weighted by molar-refractivity contribution is 0.357. The van der Waals surface area contributed by atoms with Crippen LogP contribution in [0.5, 0.6) is 11.5 Å². The van der Waals surface area contributed by atoms with Crippen LogP contribution < -0.4 is 14.8 Å². The fourth-order valence-electron chi connectivity index (χ4n) is 2.20. The summed E-state index contributed by atoms with van der Waals surface area (Å²) in [5, 5.41) is 3.32. The third-order valence-electron chi connectivity index (χ3n) is 2.94. The molecule has 3 nitrogen and oxygen atoms in total. The fourth-order valence-corrected chi connectivity index (χ4v) is 2.20. The van der Waals surface area contributed by atoms with Gasteiger partial charge in [-0.1, -0.05) is 0 Å². The Hall–Kier alpha value is -1.29. The molecule has 4 heteroatoms. The highest BCUT2D eigenvalue weighted by Gasteiger charge is 2.25. The van der Waals surface area contributed by atoms with Crippen LogP contribution in [0, 0.1) is 5.82 Å². The van der Waals surface area contributed by atoms with Crippen molar-refractivity contribution < 1.29 is 13.9 Å². The molecular weight excluding hydrogens is 209 g/mol. The zero-order valence-electron chi connectivity index (χ0n) is 9.55. The predicted octanol–water partition coefficient (Wildman–Crippen LogP) is 2.27. The van der Waals surface area contributed by atoms with Crippen molar-refractivity contribution in [2.75, 3.05) is 20.8 Å². The van der Waals surface area contributed by atoms with Gasteiger partial charge in [0.25, 0.3) is 0 Å². The molecule has 1 heterocycles. The SMILES string of the molecule is COc1ccc(F)c(OC)c1C1CCCN1. The Bertz CT molecular complexity index is 376. The summed E-state index contributed by atoms with van der Waals surface area (Å²) in [6.45, 7) is 0.952. The Labute approximate surface area is 94.6 Å². The van der Waals surface area contributed by atoms with Crippen molar-refractivity contribution in [3.63, 3.8) is 0 Å². The standard InChI is InChI=1S/C12H16FNO2/c1-15-10-6-5-8(13)12(16-2)11(10)9-4-3-7-14-9/h5-6,9,14H,3-4,7H2,1-2H3. The molecule has 1 unspecified atom stereocenters. The molecular formula is C12H16FNO2. The van der Waals surface area contributed by atoms with E-state index in [2.05, 4.69) is 5.32 Å². The summed E-state index contributed by atoms with van der Waals surface area (Å²) in [6, 6.07) is 3.14. The van der Waals surface area contributed by atoms with Gasteiger partial charge in [0, 0.05) is 6.04 Å². The van der Waals surface area contributed by atoms with Gasteiger partial charge in [0.1, 0.15) is 5.75 Å². The molecule has 0 aliphatic carbocycles. The average Bonchev–Trinajstić information content (AvgIpc) is 2.81. The van der Waals surface area contributed by atoms with Crippen molar-refractivity contribution in [3.8, 4) is 11.5 Å². The third-order valence-corrected chi connectivity index (χ3v) is 2.94. The average molecular weight is 225 g/mol. The Morgan fingerprint density at radius 1 is 1.31 bits per heavy atom. The fraction of sp³-hybridized carbons (Fsp3) is 0.500. The Balaban J connectivity index is 2.48. The number of methoxy groups -OCH3 is 2. The van der Waals surface area contributed by atoms with Gasteiger partial charge in [0.05, 0.1) is 19.8 Å². The second kappa shape index (κ2) is 4.70. The van der Waals surface area contributed by atoms with Crippen LogP contribution in [0.1, 0.15) is 24.4 Å². The molecule has 0 amide bonds. The molecule has 1 aliphatic heterocycles. The number of nitrogens with one attached hydrogen (secondary N) is 1. The second-order valence-electron chi connectivity index (χ2n) is 3.85. The van der Waals surface area contributed by atoms with Gasteiger partial charge >= 0.3 is 0 Å². The van der Waals surface area contributed by atoms with E-state index in [0.29, 0.717) is 11.5 Å². The van der Waals surface area contributed by atoms with Crippen molar-refractivity contribution in [2.45, 2.75) is 18.9 Å². The Morgan fingerprint density at radius 3 is 2.69 bits per heavy atom. The molecule has 1 fully saturated rings. The normalized spacial score (nSPS) is 19.8. The molecule has 1 N–H and O–H groups in total. The van der Waals surface area contributed by atoms with Crippen LogP contribution in [0.4, 0.5) is 4.39 Å². The summed E-state index contributed by atoms with van der Waals surface area (Å²) >= 11 is 0. The first-order valence-corrected chi connectivity index (χ1v) is 5.41. The Kier molecular flexibility index (Phi) is 3.29. The molecule has 16 heavy (non-hydrogen) atoms. The molecule has 0 saturated carbocycles. The first-order chi connectivity index (χ1) is 7.77. The van der Waals surface area contributed by atoms with Gasteiger partial charge < -0.3 is 14.8 Å².